The first-order valence-electron chi connectivity index (χ1n) is 7.05. The minimum atomic E-state index is 0.00186. The van der Waals surface area contributed by atoms with Crippen LogP contribution in [-0.2, 0) is 4.79 Å². The SMILES string of the molecule is Cc1nnc(SCC(=O)NCC(C)C)n1-c1ccc(Cl)cc1. The molecule has 118 valence electrons. The van der Waals surface area contributed by atoms with Crippen LogP contribution >= 0.6 is 23.4 Å². The molecule has 1 aromatic carbocycles. The lowest BCUT2D eigenvalue weighted by Gasteiger charge is -2.09. The summed E-state index contributed by atoms with van der Waals surface area (Å²) in [5.74, 6) is 1.53. The summed E-state index contributed by atoms with van der Waals surface area (Å²) in [6.07, 6.45) is 0. The maximum Gasteiger partial charge on any atom is 0.230 e. The number of hydrogen-bond donors (Lipinski definition) is 1. The zero-order valence-corrected chi connectivity index (χ0v) is 14.4. The van der Waals surface area contributed by atoms with E-state index in [1.165, 1.54) is 11.8 Å². The molecule has 0 fully saturated rings. The highest BCUT2D eigenvalue weighted by atomic mass is 35.5. The second-order valence-electron chi connectivity index (χ2n) is 5.33. The van der Waals surface area contributed by atoms with Crippen LogP contribution in [0.2, 0.25) is 5.02 Å². The highest BCUT2D eigenvalue weighted by Gasteiger charge is 2.13. The second kappa shape index (κ2) is 7.65. The van der Waals surface area contributed by atoms with Gasteiger partial charge in [0.1, 0.15) is 5.82 Å². The van der Waals surface area contributed by atoms with Gasteiger partial charge in [0.2, 0.25) is 5.91 Å². The molecule has 0 spiro atoms. The van der Waals surface area contributed by atoms with Crippen LogP contribution < -0.4 is 5.32 Å². The van der Waals surface area contributed by atoms with Crippen molar-refractivity contribution >= 4 is 29.3 Å². The zero-order chi connectivity index (χ0) is 16.1. The Morgan fingerprint density at radius 2 is 2.00 bits per heavy atom. The monoisotopic (exact) mass is 338 g/mol. The molecule has 7 heteroatoms. The Balaban J connectivity index is 2.06. The fraction of sp³-hybridized carbons (Fsp3) is 0.400. The van der Waals surface area contributed by atoms with Gasteiger partial charge in [0.15, 0.2) is 5.16 Å². The van der Waals surface area contributed by atoms with Crippen molar-refractivity contribution < 1.29 is 4.79 Å². The average molecular weight is 339 g/mol. The Hall–Kier alpha value is -1.53. The highest BCUT2D eigenvalue weighted by Crippen LogP contribution is 2.22. The van der Waals surface area contributed by atoms with E-state index in [0.717, 1.165) is 11.5 Å². The van der Waals surface area contributed by atoms with E-state index in [1.54, 1.807) is 0 Å². The molecule has 2 rings (SSSR count). The lowest BCUT2D eigenvalue weighted by molar-refractivity contribution is -0.118. The van der Waals surface area contributed by atoms with Gasteiger partial charge in [-0.3, -0.25) is 9.36 Å². The molecule has 0 aliphatic rings. The Bertz CT molecular complexity index is 639. The van der Waals surface area contributed by atoms with Crippen LogP contribution in [-0.4, -0.2) is 33.0 Å². The standard InChI is InChI=1S/C15H19ClN4OS/c1-10(2)8-17-14(21)9-22-15-19-18-11(3)20(15)13-6-4-12(16)5-7-13/h4-7,10H,8-9H2,1-3H3,(H,17,21). The summed E-state index contributed by atoms with van der Waals surface area (Å²) in [5.41, 5.74) is 0.928. The number of amides is 1. The number of thioether (sulfide) groups is 1. The first-order chi connectivity index (χ1) is 10.5. The molecule has 0 saturated carbocycles. The molecule has 22 heavy (non-hydrogen) atoms. The fourth-order valence-electron chi connectivity index (χ4n) is 1.82. The van der Waals surface area contributed by atoms with Gasteiger partial charge in [0.05, 0.1) is 5.75 Å². The Labute approximate surface area is 139 Å². The van der Waals surface area contributed by atoms with Crippen LogP contribution in [0.3, 0.4) is 0 Å². The van der Waals surface area contributed by atoms with Crippen LogP contribution in [0.4, 0.5) is 0 Å². The molecule has 2 aromatic rings. The molecule has 0 aliphatic carbocycles. The Morgan fingerprint density at radius 3 is 2.64 bits per heavy atom. The number of nitrogens with zero attached hydrogens (tertiary/aromatic N) is 3. The van der Waals surface area contributed by atoms with Gasteiger partial charge in [-0.1, -0.05) is 37.2 Å². The lowest BCUT2D eigenvalue weighted by Crippen LogP contribution is -2.28. The molecule has 0 saturated heterocycles. The van der Waals surface area contributed by atoms with Crippen molar-refractivity contribution in [3.05, 3.63) is 35.1 Å². The molecule has 1 aromatic heterocycles. The van der Waals surface area contributed by atoms with E-state index >= 15 is 0 Å². The largest absolute Gasteiger partial charge is 0.355 e. The molecule has 0 bridgehead atoms. The van der Waals surface area contributed by atoms with E-state index < -0.39 is 0 Å². The van der Waals surface area contributed by atoms with Crippen LogP contribution in [0.1, 0.15) is 19.7 Å². The van der Waals surface area contributed by atoms with Crippen molar-refractivity contribution in [3.63, 3.8) is 0 Å². The van der Waals surface area contributed by atoms with Gasteiger partial charge in [0, 0.05) is 17.3 Å². The third-order valence-electron chi connectivity index (χ3n) is 2.92. The molecular formula is C15H19ClN4OS. The molecule has 0 radical (unpaired) electrons. The molecule has 0 unspecified atom stereocenters. The van der Waals surface area contributed by atoms with Crippen molar-refractivity contribution in [1.29, 1.82) is 0 Å². The summed E-state index contributed by atoms with van der Waals surface area (Å²) < 4.78 is 1.91. The van der Waals surface area contributed by atoms with Crippen LogP contribution in [0.5, 0.6) is 0 Å². The van der Waals surface area contributed by atoms with Gasteiger partial charge < -0.3 is 5.32 Å². The molecule has 1 amide bonds. The summed E-state index contributed by atoms with van der Waals surface area (Å²) in [4.78, 5) is 11.8. The first kappa shape index (κ1) is 16.8. The van der Waals surface area contributed by atoms with E-state index in [9.17, 15) is 4.79 Å². The smallest absolute Gasteiger partial charge is 0.230 e. The van der Waals surface area contributed by atoms with Crippen molar-refractivity contribution in [2.45, 2.75) is 25.9 Å². The number of benzene rings is 1. The van der Waals surface area contributed by atoms with Crippen LogP contribution in [0.25, 0.3) is 5.69 Å². The number of nitrogens with one attached hydrogen (secondary N) is 1. The number of halogens is 1. The van der Waals surface area contributed by atoms with Gasteiger partial charge in [-0.15, -0.1) is 10.2 Å². The van der Waals surface area contributed by atoms with Gasteiger partial charge in [-0.05, 0) is 37.1 Å². The van der Waals surface area contributed by atoms with E-state index in [-0.39, 0.29) is 5.91 Å². The molecule has 1 heterocycles. The minimum Gasteiger partial charge on any atom is -0.355 e. The fourth-order valence-corrected chi connectivity index (χ4v) is 2.78. The third kappa shape index (κ3) is 4.48. The van der Waals surface area contributed by atoms with Crippen molar-refractivity contribution in [1.82, 2.24) is 20.1 Å². The molecule has 5 nitrogen and oxygen atoms in total. The summed E-state index contributed by atoms with van der Waals surface area (Å²) in [6.45, 7) is 6.69. The van der Waals surface area contributed by atoms with E-state index in [0.29, 0.717) is 28.4 Å². The number of carbonyl (C=O) groups is 1. The number of hydrogen-bond acceptors (Lipinski definition) is 4. The summed E-state index contributed by atoms with van der Waals surface area (Å²) in [5, 5.41) is 12.5. The van der Waals surface area contributed by atoms with Gasteiger partial charge in [0.25, 0.3) is 0 Å². The van der Waals surface area contributed by atoms with E-state index in [1.807, 2.05) is 35.8 Å². The number of aryl methyl sites for hydroxylation is 1. The third-order valence-corrected chi connectivity index (χ3v) is 4.10. The van der Waals surface area contributed by atoms with Gasteiger partial charge in [-0.2, -0.15) is 0 Å². The number of rotatable bonds is 6. The van der Waals surface area contributed by atoms with E-state index in [4.69, 9.17) is 11.6 Å². The molecular weight excluding hydrogens is 320 g/mol. The maximum absolute atomic E-state index is 11.8. The predicted octanol–water partition coefficient (Wildman–Crippen LogP) is 3.09. The van der Waals surface area contributed by atoms with Crippen LogP contribution in [0.15, 0.2) is 29.4 Å². The summed E-state index contributed by atoms with van der Waals surface area (Å²) in [7, 11) is 0. The second-order valence-corrected chi connectivity index (χ2v) is 6.71. The van der Waals surface area contributed by atoms with Gasteiger partial charge >= 0.3 is 0 Å². The Kier molecular flexibility index (Phi) is 5.85. The first-order valence-corrected chi connectivity index (χ1v) is 8.41. The Morgan fingerprint density at radius 1 is 1.32 bits per heavy atom. The van der Waals surface area contributed by atoms with Crippen molar-refractivity contribution in [2.75, 3.05) is 12.3 Å². The zero-order valence-electron chi connectivity index (χ0n) is 12.8. The summed E-state index contributed by atoms with van der Waals surface area (Å²) in [6, 6.07) is 7.45. The highest BCUT2D eigenvalue weighted by molar-refractivity contribution is 7.99. The molecule has 1 N–H and O–H groups in total. The minimum absolute atomic E-state index is 0.00186. The summed E-state index contributed by atoms with van der Waals surface area (Å²) >= 11 is 7.29. The van der Waals surface area contributed by atoms with Gasteiger partial charge in [-0.25, -0.2) is 0 Å². The van der Waals surface area contributed by atoms with Crippen molar-refractivity contribution in [3.8, 4) is 5.69 Å². The van der Waals surface area contributed by atoms with E-state index in [2.05, 4.69) is 29.4 Å². The number of carbonyl (C=O) groups excluding carboxylic acids is 1. The number of aromatic nitrogens is 3. The van der Waals surface area contributed by atoms with Crippen molar-refractivity contribution in [2.24, 2.45) is 5.92 Å². The van der Waals surface area contributed by atoms with Crippen LogP contribution in [0, 0.1) is 12.8 Å². The molecule has 0 aliphatic heterocycles. The lowest BCUT2D eigenvalue weighted by atomic mass is 10.2. The topological polar surface area (TPSA) is 59.8 Å². The average Bonchev–Trinajstić information content (AvgIpc) is 2.85. The normalized spacial score (nSPS) is 11.0. The predicted molar refractivity (Wildman–Crippen MR) is 89.7 cm³/mol. The maximum atomic E-state index is 11.8. The molecule has 0 atom stereocenters. The quantitative estimate of drug-likeness (QED) is 0.822.